The van der Waals surface area contributed by atoms with Gasteiger partial charge in [0.2, 0.25) is 5.82 Å². The number of carbonyl (C=O) groups is 1. The lowest BCUT2D eigenvalue weighted by Gasteiger charge is -2.21. The Balaban J connectivity index is 1.93. The Bertz CT molecular complexity index is 822. The van der Waals surface area contributed by atoms with Crippen molar-refractivity contribution >= 4 is 11.7 Å². The molecule has 3 rings (SSSR count). The molecule has 7 nitrogen and oxygen atoms in total. The van der Waals surface area contributed by atoms with E-state index in [0.29, 0.717) is 11.5 Å². The molecule has 22 heavy (non-hydrogen) atoms. The molecule has 0 saturated heterocycles. The Morgan fingerprint density at radius 1 is 1.36 bits per heavy atom. The van der Waals surface area contributed by atoms with Gasteiger partial charge in [0.25, 0.3) is 11.7 Å². The van der Waals surface area contributed by atoms with E-state index in [2.05, 4.69) is 15.1 Å². The van der Waals surface area contributed by atoms with Crippen LogP contribution in [-0.4, -0.2) is 37.4 Å². The van der Waals surface area contributed by atoms with Gasteiger partial charge in [-0.2, -0.15) is 4.98 Å². The predicted molar refractivity (Wildman–Crippen MR) is 79.5 cm³/mol. The second-order valence-electron chi connectivity index (χ2n) is 5.29. The summed E-state index contributed by atoms with van der Waals surface area (Å²) in [5.41, 5.74) is 1.73. The maximum atomic E-state index is 12.6. The molecular formula is C15H17N5O2. The highest BCUT2D eigenvalue weighted by Crippen LogP contribution is 2.20. The monoisotopic (exact) mass is 299 g/mol. The summed E-state index contributed by atoms with van der Waals surface area (Å²) in [6.45, 7) is 5.67. The third-order valence-corrected chi connectivity index (χ3v) is 3.67. The molecule has 114 valence electrons. The Morgan fingerprint density at radius 3 is 2.82 bits per heavy atom. The number of rotatable bonds is 3. The van der Waals surface area contributed by atoms with Gasteiger partial charge in [-0.1, -0.05) is 0 Å². The number of aromatic nitrogens is 4. The summed E-state index contributed by atoms with van der Waals surface area (Å²) < 4.78 is 6.92. The third kappa shape index (κ3) is 2.34. The standard InChI is InChI=1S/C15H17N5O2/c1-9-8-10(2)20-15(16-9)17-13(18-20)14(21)19(4)11(3)12-6-5-7-22-12/h5-8,11H,1-4H3. The zero-order valence-electron chi connectivity index (χ0n) is 12.9. The van der Waals surface area contributed by atoms with Crippen molar-refractivity contribution in [2.75, 3.05) is 7.05 Å². The van der Waals surface area contributed by atoms with Gasteiger partial charge in [0.05, 0.1) is 12.3 Å². The van der Waals surface area contributed by atoms with Crippen molar-refractivity contribution in [2.45, 2.75) is 26.8 Å². The zero-order chi connectivity index (χ0) is 15.9. The Labute approximate surface area is 127 Å². The van der Waals surface area contributed by atoms with Crippen LogP contribution in [0.1, 0.15) is 40.7 Å². The van der Waals surface area contributed by atoms with Crippen LogP contribution in [0.15, 0.2) is 28.9 Å². The van der Waals surface area contributed by atoms with Crippen molar-refractivity contribution in [3.05, 3.63) is 47.4 Å². The fraction of sp³-hybridized carbons (Fsp3) is 0.333. The van der Waals surface area contributed by atoms with E-state index in [0.717, 1.165) is 11.4 Å². The Morgan fingerprint density at radius 2 is 2.14 bits per heavy atom. The molecule has 0 aliphatic carbocycles. The van der Waals surface area contributed by atoms with E-state index >= 15 is 0 Å². The Kier molecular flexibility index (Phi) is 3.40. The van der Waals surface area contributed by atoms with Crippen molar-refractivity contribution in [3.8, 4) is 0 Å². The SMILES string of the molecule is Cc1cc(C)n2nc(C(=O)N(C)C(C)c3ccco3)nc2n1. The predicted octanol–water partition coefficient (Wildman–Crippen LogP) is 2.17. The van der Waals surface area contributed by atoms with Crippen LogP contribution in [0.4, 0.5) is 0 Å². The van der Waals surface area contributed by atoms with Gasteiger partial charge in [0.15, 0.2) is 0 Å². The second kappa shape index (κ2) is 5.25. The fourth-order valence-corrected chi connectivity index (χ4v) is 2.31. The van der Waals surface area contributed by atoms with E-state index in [1.807, 2.05) is 32.9 Å². The van der Waals surface area contributed by atoms with Gasteiger partial charge in [-0.25, -0.2) is 9.50 Å². The first-order valence-electron chi connectivity index (χ1n) is 6.99. The molecule has 0 aliphatic heterocycles. The number of hydrogen-bond donors (Lipinski definition) is 0. The molecule has 3 aromatic rings. The lowest BCUT2D eigenvalue weighted by Crippen LogP contribution is -2.30. The molecule has 0 spiro atoms. The molecule has 1 atom stereocenters. The van der Waals surface area contributed by atoms with E-state index in [4.69, 9.17) is 4.42 Å². The first-order valence-corrected chi connectivity index (χ1v) is 6.99. The van der Waals surface area contributed by atoms with Crippen molar-refractivity contribution in [1.82, 2.24) is 24.5 Å². The zero-order valence-corrected chi connectivity index (χ0v) is 12.9. The van der Waals surface area contributed by atoms with E-state index in [1.54, 1.807) is 28.8 Å². The molecule has 7 heteroatoms. The number of amides is 1. The van der Waals surface area contributed by atoms with Crippen molar-refractivity contribution in [3.63, 3.8) is 0 Å². The van der Waals surface area contributed by atoms with Crippen LogP contribution in [0.2, 0.25) is 0 Å². The van der Waals surface area contributed by atoms with Crippen LogP contribution in [0.5, 0.6) is 0 Å². The molecule has 0 bridgehead atoms. The lowest BCUT2D eigenvalue weighted by atomic mass is 10.2. The topological polar surface area (TPSA) is 76.5 Å². The van der Waals surface area contributed by atoms with Gasteiger partial charge in [0, 0.05) is 18.4 Å². The van der Waals surface area contributed by atoms with Crippen LogP contribution in [0, 0.1) is 13.8 Å². The maximum Gasteiger partial charge on any atom is 0.293 e. The number of aryl methyl sites for hydroxylation is 2. The van der Waals surface area contributed by atoms with Gasteiger partial charge in [-0.15, -0.1) is 5.10 Å². The highest BCUT2D eigenvalue weighted by atomic mass is 16.3. The molecule has 0 radical (unpaired) electrons. The molecule has 3 heterocycles. The summed E-state index contributed by atoms with van der Waals surface area (Å²) in [4.78, 5) is 22.6. The summed E-state index contributed by atoms with van der Waals surface area (Å²) in [7, 11) is 1.70. The Hall–Kier alpha value is -2.70. The molecular weight excluding hydrogens is 282 g/mol. The molecule has 0 aromatic carbocycles. The average Bonchev–Trinajstić information content (AvgIpc) is 3.13. The van der Waals surface area contributed by atoms with Crippen LogP contribution in [0.3, 0.4) is 0 Å². The lowest BCUT2D eigenvalue weighted by molar-refractivity contribution is 0.0714. The summed E-state index contributed by atoms with van der Waals surface area (Å²) in [6.07, 6.45) is 1.59. The first-order chi connectivity index (χ1) is 10.5. The van der Waals surface area contributed by atoms with Crippen LogP contribution >= 0.6 is 0 Å². The largest absolute Gasteiger partial charge is 0.467 e. The van der Waals surface area contributed by atoms with Crippen molar-refractivity contribution in [2.24, 2.45) is 0 Å². The molecule has 0 aliphatic rings. The molecule has 1 amide bonds. The minimum absolute atomic E-state index is 0.127. The van der Waals surface area contributed by atoms with E-state index in [9.17, 15) is 4.79 Å². The highest BCUT2D eigenvalue weighted by Gasteiger charge is 2.24. The average molecular weight is 299 g/mol. The number of furan rings is 1. The summed E-state index contributed by atoms with van der Waals surface area (Å²) >= 11 is 0. The number of carbonyl (C=O) groups excluding carboxylic acids is 1. The van der Waals surface area contributed by atoms with Gasteiger partial charge in [-0.05, 0) is 39.0 Å². The molecule has 0 saturated carbocycles. The third-order valence-electron chi connectivity index (χ3n) is 3.67. The number of nitrogens with zero attached hydrogens (tertiary/aromatic N) is 5. The van der Waals surface area contributed by atoms with Crippen LogP contribution in [-0.2, 0) is 0 Å². The minimum Gasteiger partial charge on any atom is -0.467 e. The van der Waals surface area contributed by atoms with E-state index < -0.39 is 0 Å². The van der Waals surface area contributed by atoms with Crippen molar-refractivity contribution < 1.29 is 9.21 Å². The minimum atomic E-state index is -0.272. The number of fused-ring (bicyclic) bond motifs is 1. The van der Waals surface area contributed by atoms with Gasteiger partial charge in [0.1, 0.15) is 5.76 Å². The maximum absolute atomic E-state index is 12.6. The fourth-order valence-electron chi connectivity index (χ4n) is 2.31. The summed E-state index contributed by atoms with van der Waals surface area (Å²) in [5, 5.41) is 4.26. The van der Waals surface area contributed by atoms with Gasteiger partial charge < -0.3 is 9.32 Å². The van der Waals surface area contributed by atoms with Crippen LogP contribution < -0.4 is 0 Å². The molecule has 1 unspecified atom stereocenters. The smallest absolute Gasteiger partial charge is 0.293 e. The van der Waals surface area contributed by atoms with Gasteiger partial charge >= 0.3 is 0 Å². The first kappa shape index (κ1) is 14.2. The van der Waals surface area contributed by atoms with Crippen LogP contribution in [0.25, 0.3) is 5.78 Å². The summed E-state index contributed by atoms with van der Waals surface area (Å²) in [6, 6.07) is 5.32. The normalized spacial score (nSPS) is 12.5. The van der Waals surface area contributed by atoms with Crippen molar-refractivity contribution in [1.29, 1.82) is 0 Å². The quantitative estimate of drug-likeness (QED) is 0.740. The molecule has 3 aromatic heterocycles. The number of hydrogen-bond acceptors (Lipinski definition) is 5. The van der Waals surface area contributed by atoms with Gasteiger partial charge in [-0.3, -0.25) is 4.79 Å². The molecule has 0 fully saturated rings. The highest BCUT2D eigenvalue weighted by molar-refractivity contribution is 5.90. The van der Waals surface area contributed by atoms with E-state index in [-0.39, 0.29) is 17.8 Å². The summed E-state index contributed by atoms with van der Waals surface area (Å²) in [5.74, 6) is 0.998. The second-order valence-corrected chi connectivity index (χ2v) is 5.29. The van der Waals surface area contributed by atoms with E-state index in [1.165, 1.54) is 0 Å². The molecule has 0 N–H and O–H groups in total.